The van der Waals surface area contributed by atoms with E-state index >= 15 is 0 Å². The first-order valence-corrected chi connectivity index (χ1v) is 4.25. The van der Waals surface area contributed by atoms with Gasteiger partial charge in [-0.15, -0.1) is 0 Å². The molecule has 1 atom stereocenters. The fourth-order valence-corrected chi connectivity index (χ4v) is 1.40. The van der Waals surface area contributed by atoms with E-state index in [2.05, 4.69) is 30.0 Å². The van der Waals surface area contributed by atoms with Crippen molar-refractivity contribution in [3.05, 3.63) is 24.0 Å². The normalized spacial score (nSPS) is 13.7. The molecule has 1 unspecified atom stereocenters. The summed E-state index contributed by atoms with van der Waals surface area (Å²) < 4.78 is 0. The maximum absolute atomic E-state index is 5.53. The third kappa shape index (κ3) is 2.09. The Morgan fingerprint density at radius 1 is 1.58 bits per heavy atom. The largest absolute Gasteiger partial charge is 0.364 e. The molecule has 0 aliphatic carbocycles. The zero-order valence-electron chi connectivity index (χ0n) is 7.75. The van der Waals surface area contributed by atoms with E-state index in [1.807, 2.05) is 12.3 Å². The molecule has 0 fully saturated rings. The second kappa shape index (κ2) is 4.28. The number of hydrogen-bond donors (Lipinski definition) is 2. The highest BCUT2D eigenvalue weighted by atomic mass is 15.1. The lowest BCUT2D eigenvalue weighted by atomic mass is 10.1. The van der Waals surface area contributed by atoms with Crippen LogP contribution in [0.5, 0.6) is 0 Å². The summed E-state index contributed by atoms with van der Waals surface area (Å²) in [6.45, 7) is 0.724. The molecule has 3 heteroatoms. The summed E-state index contributed by atoms with van der Waals surface area (Å²) in [4.78, 5) is 5.39. The molecular formula is C9H17N3. The second-order valence-electron chi connectivity index (χ2n) is 3.18. The van der Waals surface area contributed by atoms with Gasteiger partial charge in [-0.1, -0.05) is 0 Å². The molecule has 1 rings (SSSR count). The molecule has 3 N–H and O–H groups in total. The number of nitrogens with zero attached hydrogens (tertiary/aromatic N) is 1. The summed E-state index contributed by atoms with van der Waals surface area (Å²) in [6, 6.07) is 4.54. The monoisotopic (exact) mass is 167 g/mol. The molecule has 1 aromatic rings. The fraction of sp³-hybridized carbons (Fsp3) is 0.556. The molecule has 1 aromatic heterocycles. The van der Waals surface area contributed by atoms with Crippen LogP contribution in [-0.4, -0.2) is 30.5 Å². The van der Waals surface area contributed by atoms with Gasteiger partial charge in [-0.3, -0.25) is 0 Å². The molecule has 0 amide bonds. The molecule has 0 radical (unpaired) electrons. The van der Waals surface area contributed by atoms with E-state index in [0.29, 0.717) is 6.04 Å². The molecule has 0 bridgehead atoms. The van der Waals surface area contributed by atoms with E-state index in [1.165, 1.54) is 5.69 Å². The van der Waals surface area contributed by atoms with E-state index in [1.54, 1.807) is 0 Å². The molecule has 68 valence electrons. The maximum atomic E-state index is 5.53. The highest BCUT2D eigenvalue weighted by Crippen LogP contribution is 2.18. The summed E-state index contributed by atoms with van der Waals surface area (Å²) in [5.41, 5.74) is 6.77. The number of rotatable bonds is 4. The average Bonchev–Trinajstić information content (AvgIpc) is 2.51. The highest BCUT2D eigenvalue weighted by Gasteiger charge is 2.12. The molecule has 0 aliphatic rings. The first kappa shape index (κ1) is 9.29. The van der Waals surface area contributed by atoms with Gasteiger partial charge >= 0.3 is 0 Å². The van der Waals surface area contributed by atoms with Crippen LogP contribution in [0, 0.1) is 0 Å². The minimum absolute atomic E-state index is 0.421. The zero-order chi connectivity index (χ0) is 8.97. The van der Waals surface area contributed by atoms with Crippen LogP contribution in [0.1, 0.15) is 18.2 Å². The standard InChI is InChI=1S/C9H17N3/c1-12(2)9(5-6-10)8-4-3-7-11-8/h3-4,7,9,11H,5-6,10H2,1-2H3. The summed E-state index contributed by atoms with van der Waals surface area (Å²) in [7, 11) is 4.14. The van der Waals surface area contributed by atoms with Crippen molar-refractivity contribution in [2.75, 3.05) is 20.6 Å². The smallest absolute Gasteiger partial charge is 0.0504 e. The third-order valence-corrected chi connectivity index (χ3v) is 2.04. The number of nitrogens with two attached hydrogens (primary N) is 1. The van der Waals surface area contributed by atoms with Crippen LogP contribution in [0.25, 0.3) is 0 Å². The number of aromatic amines is 1. The predicted molar refractivity (Wildman–Crippen MR) is 50.9 cm³/mol. The van der Waals surface area contributed by atoms with Gasteiger partial charge in [0.1, 0.15) is 0 Å². The van der Waals surface area contributed by atoms with Gasteiger partial charge in [0, 0.05) is 11.9 Å². The lowest BCUT2D eigenvalue weighted by molar-refractivity contribution is 0.282. The Balaban J connectivity index is 2.66. The van der Waals surface area contributed by atoms with Gasteiger partial charge in [-0.2, -0.15) is 0 Å². The van der Waals surface area contributed by atoms with Crippen LogP contribution in [-0.2, 0) is 0 Å². The van der Waals surface area contributed by atoms with Gasteiger partial charge in [-0.05, 0) is 39.2 Å². The van der Waals surface area contributed by atoms with Gasteiger partial charge < -0.3 is 15.6 Å². The SMILES string of the molecule is CN(C)C(CCN)c1ccc[nH]1. The Hall–Kier alpha value is -0.800. The van der Waals surface area contributed by atoms with Gasteiger partial charge in [-0.25, -0.2) is 0 Å². The fourth-order valence-electron chi connectivity index (χ4n) is 1.40. The lowest BCUT2D eigenvalue weighted by Crippen LogP contribution is -2.22. The number of H-pyrrole nitrogens is 1. The Bertz CT molecular complexity index is 204. The van der Waals surface area contributed by atoms with E-state index in [-0.39, 0.29) is 0 Å². The van der Waals surface area contributed by atoms with Crippen LogP contribution in [0.4, 0.5) is 0 Å². The maximum Gasteiger partial charge on any atom is 0.0504 e. The molecule has 3 nitrogen and oxygen atoms in total. The molecule has 12 heavy (non-hydrogen) atoms. The van der Waals surface area contributed by atoms with Crippen LogP contribution in [0.2, 0.25) is 0 Å². The lowest BCUT2D eigenvalue weighted by Gasteiger charge is -2.22. The van der Waals surface area contributed by atoms with Crippen molar-refractivity contribution in [3.63, 3.8) is 0 Å². The number of aromatic nitrogens is 1. The summed E-state index contributed by atoms with van der Waals surface area (Å²) in [5, 5.41) is 0. The molecule has 1 heterocycles. The van der Waals surface area contributed by atoms with Crippen molar-refractivity contribution in [1.29, 1.82) is 0 Å². The minimum Gasteiger partial charge on any atom is -0.364 e. The Labute approximate surface area is 73.6 Å². The quantitative estimate of drug-likeness (QED) is 0.701. The summed E-state index contributed by atoms with van der Waals surface area (Å²) in [6.07, 6.45) is 2.94. The van der Waals surface area contributed by atoms with E-state index < -0.39 is 0 Å². The van der Waals surface area contributed by atoms with Crippen molar-refractivity contribution in [2.45, 2.75) is 12.5 Å². The second-order valence-corrected chi connectivity index (χ2v) is 3.18. The van der Waals surface area contributed by atoms with Crippen LogP contribution >= 0.6 is 0 Å². The van der Waals surface area contributed by atoms with Gasteiger partial charge in [0.15, 0.2) is 0 Å². The molecule has 0 saturated carbocycles. The van der Waals surface area contributed by atoms with Crippen molar-refractivity contribution >= 4 is 0 Å². The number of hydrogen-bond acceptors (Lipinski definition) is 2. The van der Waals surface area contributed by atoms with Crippen molar-refractivity contribution in [1.82, 2.24) is 9.88 Å². The Kier molecular flexibility index (Phi) is 3.31. The number of nitrogens with one attached hydrogen (secondary N) is 1. The first-order valence-electron chi connectivity index (χ1n) is 4.25. The molecule has 0 saturated heterocycles. The topological polar surface area (TPSA) is 45.0 Å². The average molecular weight is 167 g/mol. The highest BCUT2D eigenvalue weighted by molar-refractivity contribution is 5.08. The molecule has 0 aromatic carbocycles. The summed E-state index contributed by atoms with van der Waals surface area (Å²) in [5.74, 6) is 0. The first-order chi connectivity index (χ1) is 5.75. The van der Waals surface area contributed by atoms with Crippen LogP contribution in [0.15, 0.2) is 18.3 Å². The Morgan fingerprint density at radius 2 is 2.33 bits per heavy atom. The predicted octanol–water partition coefficient (Wildman–Crippen LogP) is 0.966. The molecule has 0 spiro atoms. The van der Waals surface area contributed by atoms with E-state index in [0.717, 1.165) is 13.0 Å². The van der Waals surface area contributed by atoms with E-state index in [9.17, 15) is 0 Å². The zero-order valence-corrected chi connectivity index (χ0v) is 7.75. The molecule has 0 aliphatic heterocycles. The van der Waals surface area contributed by atoms with Crippen molar-refractivity contribution in [3.8, 4) is 0 Å². The third-order valence-electron chi connectivity index (χ3n) is 2.04. The van der Waals surface area contributed by atoms with Crippen molar-refractivity contribution < 1.29 is 0 Å². The summed E-state index contributed by atoms with van der Waals surface area (Å²) >= 11 is 0. The van der Waals surface area contributed by atoms with Crippen LogP contribution in [0.3, 0.4) is 0 Å². The van der Waals surface area contributed by atoms with Gasteiger partial charge in [0.2, 0.25) is 0 Å². The Morgan fingerprint density at radius 3 is 2.75 bits per heavy atom. The van der Waals surface area contributed by atoms with Gasteiger partial charge in [0.05, 0.1) is 6.04 Å². The molecular weight excluding hydrogens is 150 g/mol. The van der Waals surface area contributed by atoms with Crippen LogP contribution < -0.4 is 5.73 Å². The van der Waals surface area contributed by atoms with E-state index in [4.69, 9.17) is 5.73 Å². The van der Waals surface area contributed by atoms with Gasteiger partial charge in [0.25, 0.3) is 0 Å². The van der Waals surface area contributed by atoms with Crippen molar-refractivity contribution in [2.24, 2.45) is 5.73 Å². The minimum atomic E-state index is 0.421.